The SMILES string of the molecule is COc1ccc(-c2cc3c(c(=O)oc4ccc(C)cc43)c(=O)n2Cc2ccco2)cc1. The summed E-state index contributed by atoms with van der Waals surface area (Å²) in [5.41, 5.74) is 1.88. The van der Waals surface area contributed by atoms with E-state index in [0.29, 0.717) is 28.2 Å². The first kappa shape index (κ1) is 18.9. The van der Waals surface area contributed by atoms with Crippen molar-refractivity contribution in [3.05, 3.63) is 99.0 Å². The maximum Gasteiger partial charge on any atom is 0.349 e. The molecule has 0 bridgehead atoms. The Morgan fingerprint density at radius 3 is 2.48 bits per heavy atom. The van der Waals surface area contributed by atoms with Crippen LogP contribution < -0.4 is 15.9 Å². The van der Waals surface area contributed by atoms with Gasteiger partial charge in [0.1, 0.15) is 22.5 Å². The van der Waals surface area contributed by atoms with Crippen molar-refractivity contribution in [2.45, 2.75) is 13.5 Å². The first-order valence-corrected chi connectivity index (χ1v) is 9.83. The Hall–Kier alpha value is -4.06. The van der Waals surface area contributed by atoms with Crippen LogP contribution in [0.3, 0.4) is 0 Å². The van der Waals surface area contributed by atoms with Gasteiger partial charge in [-0.2, -0.15) is 0 Å². The zero-order chi connectivity index (χ0) is 21.5. The third-order valence-corrected chi connectivity index (χ3v) is 5.41. The highest BCUT2D eigenvalue weighted by molar-refractivity contribution is 6.05. The zero-order valence-electron chi connectivity index (χ0n) is 17.0. The molecule has 0 aliphatic rings. The minimum Gasteiger partial charge on any atom is -0.497 e. The molecular weight excluding hydrogens is 394 g/mol. The van der Waals surface area contributed by atoms with Crippen LogP contribution in [0.15, 0.2) is 85.4 Å². The summed E-state index contributed by atoms with van der Waals surface area (Å²) in [7, 11) is 1.60. The van der Waals surface area contributed by atoms with Crippen LogP contribution in [-0.4, -0.2) is 11.7 Å². The van der Waals surface area contributed by atoms with Gasteiger partial charge in [-0.3, -0.25) is 9.36 Å². The summed E-state index contributed by atoms with van der Waals surface area (Å²) >= 11 is 0. The molecule has 0 aliphatic heterocycles. The Morgan fingerprint density at radius 2 is 1.77 bits per heavy atom. The Morgan fingerprint density at radius 1 is 0.968 bits per heavy atom. The highest BCUT2D eigenvalue weighted by Gasteiger charge is 2.18. The van der Waals surface area contributed by atoms with Crippen molar-refractivity contribution in [3.63, 3.8) is 0 Å². The second-order valence-corrected chi connectivity index (χ2v) is 7.41. The molecule has 0 aliphatic carbocycles. The number of rotatable bonds is 4. The summed E-state index contributed by atoms with van der Waals surface area (Å²) in [5, 5.41) is 1.33. The molecule has 0 amide bonds. The number of pyridine rings is 1. The second-order valence-electron chi connectivity index (χ2n) is 7.41. The van der Waals surface area contributed by atoms with E-state index in [1.54, 1.807) is 36.1 Å². The fourth-order valence-corrected chi connectivity index (χ4v) is 3.87. The Labute approximate surface area is 176 Å². The van der Waals surface area contributed by atoms with Crippen LogP contribution in [0.25, 0.3) is 33.0 Å². The van der Waals surface area contributed by atoms with Crippen molar-refractivity contribution in [1.82, 2.24) is 4.57 Å². The molecule has 5 aromatic rings. The number of aromatic nitrogens is 1. The van der Waals surface area contributed by atoms with E-state index >= 15 is 0 Å². The standard InChI is InChI=1S/C25H19NO5/c1-15-5-10-22-19(12-15)20-13-21(16-6-8-17(29-2)9-7-16)26(14-18-4-3-11-30-18)24(27)23(20)25(28)31-22/h3-13H,14H2,1-2H3. The lowest BCUT2D eigenvalue weighted by atomic mass is 10.0. The second kappa shape index (κ2) is 7.32. The van der Waals surface area contributed by atoms with Crippen molar-refractivity contribution in [3.8, 4) is 17.0 Å². The van der Waals surface area contributed by atoms with Gasteiger partial charge in [0.15, 0.2) is 0 Å². The molecule has 31 heavy (non-hydrogen) atoms. The predicted molar refractivity (Wildman–Crippen MR) is 119 cm³/mol. The monoisotopic (exact) mass is 413 g/mol. The van der Waals surface area contributed by atoms with E-state index in [-0.39, 0.29) is 11.9 Å². The molecule has 5 rings (SSSR count). The molecule has 0 unspecified atom stereocenters. The van der Waals surface area contributed by atoms with Gasteiger partial charge in [0, 0.05) is 10.8 Å². The molecule has 3 aromatic heterocycles. The first-order chi connectivity index (χ1) is 15.0. The van der Waals surface area contributed by atoms with Gasteiger partial charge < -0.3 is 13.6 Å². The maximum atomic E-state index is 13.6. The number of furan rings is 1. The quantitative estimate of drug-likeness (QED) is 0.314. The van der Waals surface area contributed by atoms with Crippen LogP contribution in [0.2, 0.25) is 0 Å². The highest BCUT2D eigenvalue weighted by Crippen LogP contribution is 2.28. The summed E-state index contributed by atoms with van der Waals surface area (Å²) < 4.78 is 17.7. The van der Waals surface area contributed by atoms with Gasteiger partial charge in [-0.05, 0) is 67.1 Å². The van der Waals surface area contributed by atoms with Crippen LogP contribution in [0.1, 0.15) is 11.3 Å². The fourth-order valence-electron chi connectivity index (χ4n) is 3.87. The number of nitrogens with zero attached hydrogens (tertiary/aromatic N) is 1. The summed E-state index contributed by atoms with van der Waals surface area (Å²) in [6, 6.07) is 18.4. The summed E-state index contributed by atoms with van der Waals surface area (Å²) in [5.74, 6) is 1.32. The molecule has 0 N–H and O–H groups in total. The van der Waals surface area contributed by atoms with Crippen molar-refractivity contribution >= 4 is 21.7 Å². The smallest absolute Gasteiger partial charge is 0.349 e. The first-order valence-electron chi connectivity index (χ1n) is 9.83. The summed E-state index contributed by atoms with van der Waals surface area (Å²) in [6.07, 6.45) is 1.55. The van der Waals surface area contributed by atoms with Crippen molar-refractivity contribution in [1.29, 1.82) is 0 Å². The molecule has 0 saturated heterocycles. The van der Waals surface area contributed by atoms with E-state index in [9.17, 15) is 9.59 Å². The Bertz CT molecular complexity index is 1520. The molecule has 6 heteroatoms. The number of aryl methyl sites for hydroxylation is 1. The molecule has 0 saturated carbocycles. The third kappa shape index (κ3) is 3.22. The lowest BCUT2D eigenvalue weighted by molar-refractivity contribution is 0.415. The van der Waals surface area contributed by atoms with Gasteiger partial charge in [-0.25, -0.2) is 4.79 Å². The van der Waals surface area contributed by atoms with E-state index < -0.39 is 11.2 Å². The van der Waals surface area contributed by atoms with Crippen LogP contribution in [0.4, 0.5) is 0 Å². The minimum atomic E-state index is -0.647. The number of ether oxygens (including phenoxy) is 1. The average molecular weight is 413 g/mol. The number of hydrogen-bond acceptors (Lipinski definition) is 5. The normalized spacial score (nSPS) is 11.3. The van der Waals surface area contributed by atoms with Gasteiger partial charge in [0.2, 0.25) is 0 Å². The van der Waals surface area contributed by atoms with Crippen molar-refractivity contribution in [2.75, 3.05) is 7.11 Å². The molecule has 154 valence electrons. The number of fused-ring (bicyclic) bond motifs is 3. The van der Waals surface area contributed by atoms with Gasteiger partial charge in [-0.1, -0.05) is 11.6 Å². The number of methoxy groups -OCH3 is 1. The van der Waals surface area contributed by atoms with Crippen molar-refractivity contribution in [2.24, 2.45) is 0 Å². The zero-order valence-corrected chi connectivity index (χ0v) is 17.0. The van der Waals surface area contributed by atoms with E-state index in [4.69, 9.17) is 13.6 Å². The van der Waals surface area contributed by atoms with Crippen molar-refractivity contribution < 1.29 is 13.6 Å². The number of hydrogen-bond donors (Lipinski definition) is 0. The lowest BCUT2D eigenvalue weighted by Crippen LogP contribution is -2.26. The van der Waals surface area contributed by atoms with Crippen LogP contribution >= 0.6 is 0 Å². The van der Waals surface area contributed by atoms with Gasteiger partial charge in [0.05, 0.1) is 25.6 Å². The van der Waals surface area contributed by atoms with E-state index in [1.165, 1.54) is 0 Å². The van der Waals surface area contributed by atoms with E-state index in [2.05, 4.69) is 0 Å². The third-order valence-electron chi connectivity index (χ3n) is 5.41. The molecule has 0 atom stereocenters. The Kier molecular flexibility index (Phi) is 4.47. The molecular formula is C25H19NO5. The minimum absolute atomic E-state index is 0.0296. The van der Waals surface area contributed by atoms with Gasteiger partial charge in [-0.15, -0.1) is 0 Å². The lowest BCUT2D eigenvalue weighted by Gasteiger charge is -2.15. The van der Waals surface area contributed by atoms with Gasteiger partial charge >= 0.3 is 5.63 Å². The fraction of sp³-hybridized carbons (Fsp3) is 0.120. The highest BCUT2D eigenvalue weighted by atomic mass is 16.5. The van der Waals surface area contributed by atoms with E-state index in [0.717, 1.165) is 16.5 Å². The average Bonchev–Trinajstić information content (AvgIpc) is 3.29. The number of benzene rings is 2. The summed E-state index contributed by atoms with van der Waals surface area (Å²) in [4.78, 5) is 26.3. The molecule has 0 spiro atoms. The largest absolute Gasteiger partial charge is 0.497 e. The molecule has 0 radical (unpaired) electrons. The maximum absolute atomic E-state index is 13.6. The van der Waals surface area contributed by atoms with Crippen LogP contribution in [-0.2, 0) is 6.54 Å². The van der Waals surface area contributed by atoms with Crippen LogP contribution in [0.5, 0.6) is 5.75 Å². The van der Waals surface area contributed by atoms with Gasteiger partial charge in [0.25, 0.3) is 5.56 Å². The molecule has 3 heterocycles. The summed E-state index contributed by atoms with van der Waals surface area (Å²) in [6.45, 7) is 2.15. The van der Waals surface area contributed by atoms with Crippen LogP contribution in [0, 0.1) is 6.92 Å². The topological polar surface area (TPSA) is 74.6 Å². The molecule has 6 nitrogen and oxygen atoms in total. The predicted octanol–water partition coefficient (Wildman–Crippen LogP) is 4.73. The molecule has 0 fully saturated rings. The molecule has 2 aromatic carbocycles. The van der Waals surface area contributed by atoms with E-state index in [1.807, 2.05) is 49.4 Å². The Balaban J connectivity index is 1.89.